The molecule has 1 amide bonds. The van der Waals surface area contributed by atoms with Crippen LogP contribution in [0.2, 0.25) is 0 Å². The van der Waals surface area contributed by atoms with Gasteiger partial charge in [0, 0.05) is 12.1 Å². The number of hydrogen-bond acceptors (Lipinski definition) is 6. The van der Waals surface area contributed by atoms with E-state index in [1.165, 1.54) is 12.1 Å². The molecule has 0 unspecified atom stereocenters. The average Bonchev–Trinajstić information content (AvgIpc) is 3.00. The van der Waals surface area contributed by atoms with Crippen LogP contribution in [0.4, 0.5) is 11.4 Å². The van der Waals surface area contributed by atoms with Gasteiger partial charge >= 0.3 is 0 Å². The van der Waals surface area contributed by atoms with Gasteiger partial charge in [0.25, 0.3) is 11.6 Å². The number of hydrogen-bond donors (Lipinski definition) is 1. The van der Waals surface area contributed by atoms with E-state index in [4.69, 9.17) is 4.74 Å². The Balaban J connectivity index is 1.72. The Labute approximate surface area is 166 Å². The minimum Gasteiger partial charge on any atom is -0.483 e. The highest BCUT2D eigenvalue weighted by atomic mass is 16.6. The average molecular weight is 394 g/mol. The summed E-state index contributed by atoms with van der Waals surface area (Å²) in [6.07, 6.45) is 0.443. The maximum atomic E-state index is 12.3. The Morgan fingerprint density at radius 2 is 1.97 bits per heavy atom. The number of anilines is 1. The van der Waals surface area contributed by atoms with Crippen LogP contribution in [-0.2, 0) is 4.79 Å². The van der Waals surface area contributed by atoms with Gasteiger partial charge in [0.2, 0.25) is 0 Å². The van der Waals surface area contributed by atoms with E-state index in [-0.39, 0.29) is 23.6 Å². The van der Waals surface area contributed by atoms with Crippen molar-refractivity contribution in [2.75, 3.05) is 11.9 Å². The number of ether oxygens (including phenoxy) is 1. The molecule has 0 fully saturated rings. The highest BCUT2D eigenvalue weighted by Crippen LogP contribution is 2.24. The number of nitro benzene ring substituents is 1. The van der Waals surface area contributed by atoms with Crippen LogP contribution in [-0.4, -0.2) is 33.5 Å². The number of aromatic nitrogens is 2. The van der Waals surface area contributed by atoms with E-state index in [1.807, 2.05) is 37.3 Å². The molecule has 0 atom stereocenters. The molecule has 3 rings (SSSR count). The number of carbonyl (C=O) groups is 2. The summed E-state index contributed by atoms with van der Waals surface area (Å²) in [5, 5.41) is 18.0. The summed E-state index contributed by atoms with van der Waals surface area (Å²) in [6.45, 7) is 3.25. The fourth-order valence-electron chi connectivity index (χ4n) is 2.84. The minimum absolute atomic E-state index is 0.00346. The molecule has 1 N–H and O–H groups in total. The Kier molecular flexibility index (Phi) is 5.68. The van der Waals surface area contributed by atoms with E-state index in [9.17, 15) is 19.7 Å². The molecule has 0 aliphatic heterocycles. The maximum Gasteiger partial charge on any atom is 0.270 e. The first-order valence-corrected chi connectivity index (χ1v) is 8.68. The number of nitrogens with one attached hydrogen (secondary N) is 1. The van der Waals surface area contributed by atoms with E-state index in [1.54, 1.807) is 11.6 Å². The normalized spacial score (nSPS) is 10.4. The van der Waals surface area contributed by atoms with Crippen LogP contribution < -0.4 is 10.1 Å². The van der Waals surface area contributed by atoms with Crippen molar-refractivity contribution < 1.29 is 19.2 Å². The molecule has 9 heteroatoms. The zero-order valence-corrected chi connectivity index (χ0v) is 15.8. The molecule has 9 nitrogen and oxygen atoms in total. The summed E-state index contributed by atoms with van der Waals surface area (Å²) in [5.41, 5.74) is 2.60. The first-order chi connectivity index (χ1) is 13.9. The monoisotopic (exact) mass is 394 g/mol. The lowest BCUT2D eigenvalue weighted by Crippen LogP contribution is -2.21. The number of benzene rings is 2. The van der Waals surface area contributed by atoms with Crippen LogP contribution in [0.1, 0.15) is 21.7 Å². The molecule has 2 aromatic carbocycles. The lowest BCUT2D eigenvalue weighted by atomic mass is 10.2. The third kappa shape index (κ3) is 4.29. The highest BCUT2D eigenvalue weighted by molar-refractivity contribution is 5.93. The molecule has 0 radical (unpaired) electrons. The topological polar surface area (TPSA) is 116 Å². The van der Waals surface area contributed by atoms with Gasteiger partial charge in [-0.25, -0.2) is 4.68 Å². The summed E-state index contributed by atoms with van der Waals surface area (Å²) in [6, 6.07) is 13.1. The van der Waals surface area contributed by atoms with Crippen LogP contribution >= 0.6 is 0 Å². The summed E-state index contributed by atoms with van der Waals surface area (Å²) >= 11 is 0. The van der Waals surface area contributed by atoms with E-state index < -0.39 is 10.8 Å². The molecular formula is C20H18N4O5. The second kappa shape index (κ2) is 8.34. The Bertz CT molecular complexity index is 1080. The van der Waals surface area contributed by atoms with E-state index >= 15 is 0 Å². The van der Waals surface area contributed by atoms with Gasteiger partial charge in [-0.15, -0.1) is 0 Å². The van der Waals surface area contributed by atoms with Gasteiger partial charge in [-0.1, -0.05) is 18.2 Å². The molecule has 29 heavy (non-hydrogen) atoms. The van der Waals surface area contributed by atoms with Crippen molar-refractivity contribution in [2.24, 2.45) is 0 Å². The number of aldehydes is 1. The second-order valence-electron chi connectivity index (χ2n) is 6.23. The number of amides is 1. The molecule has 0 saturated heterocycles. The van der Waals surface area contributed by atoms with Crippen molar-refractivity contribution >= 4 is 23.6 Å². The molecule has 0 bridgehead atoms. The zero-order chi connectivity index (χ0) is 21.0. The van der Waals surface area contributed by atoms with Crippen molar-refractivity contribution in [3.63, 3.8) is 0 Å². The summed E-state index contributed by atoms with van der Waals surface area (Å²) in [7, 11) is 0. The Morgan fingerprint density at radius 3 is 2.62 bits per heavy atom. The van der Waals surface area contributed by atoms with Gasteiger partial charge < -0.3 is 10.1 Å². The molecule has 0 aliphatic carbocycles. The number of non-ortho nitro benzene ring substituents is 1. The van der Waals surface area contributed by atoms with E-state index in [2.05, 4.69) is 10.4 Å². The molecule has 1 aromatic heterocycles. The molecule has 0 spiro atoms. The highest BCUT2D eigenvalue weighted by Gasteiger charge is 2.17. The van der Waals surface area contributed by atoms with Gasteiger partial charge in [0.1, 0.15) is 5.75 Å². The summed E-state index contributed by atoms with van der Waals surface area (Å²) in [4.78, 5) is 33.7. The summed E-state index contributed by atoms with van der Waals surface area (Å²) < 4.78 is 7.10. The molecule has 148 valence electrons. The number of carbonyl (C=O) groups excluding carboxylic acids is 2. The van der Waals surface area contributed by atoms with Gasteiger partial charge in [-0.05, 0) is 32.0 Å². The number of nitro groups is 1. The quantitative estimate of drug-likeness (QED) is 0.374. The summed E-state index contributed by atoms with van der Waals surface area (Å²) in [5.74, 6) is -0.354. The Morgan fingerprint density at radius 1 is 1.24 bits per heavy atom. The number of nitrogens with zero attached hydrogens (tertiary/aromatic N) is 3. The molecule has 1 heterocycles. The Hall–Kier alpha value is -4.01. The molecular weight excluding hydrogens is 376 g/mol. The van der Waals surface area contributed by atoms with Crippen LogP contribution in [0.25, 0.3) is 5.69 Å². The standard InChI is InChI=1S/C20H18N4O5/c1-13-20(14(2)23(22-13)16-6-4-3-5-7-16)21-19(26)12-29-18-9-8-17(24(27)28)10-15(18)11-25/h3-11H,12H2,1-2H3,(H,21,26). The molecule has 0 saturated carbocycles. The smallest absolute Gasteiger partial charge is 0.270 e. The second-order valence-corrected chi connectivity index (χ2v) is 6.23. The minimum atomic E-state index is -0.612. The first kappa shape index (κ1) is 19.7. The molecule has 3 aromatic rings. The van der Waals surface area contributed by atoms with Crippen LogP contribution in [0.15, 0.2) is 48.5 Å². The van der Waals surface area contributed by atoms with Gasteiger partial charge in [0.05, 0.1) is 33.2 Å². The van der Waals surface area contributed by atoms with Crippen LogP contribution in [0.5, 0.6) is 5.75 Å². The lowest BCUT2D eigenvalue weighted by Gasteiger charge is -2.10. The van der Waals surface area contributed by atoms with Gasteiger partial charge in [-0.2, -0.15) is 5.10 Å². The van der Waals surface area contributed by atoms with Crippen LogP contribution in [0, 0.1) is 24.0 Å². The third-order valence-corrected chi connectivity index (χ3v) is 4.25. The largest absolute Gasteiger partial charge is 0.483 e. The fourth-order valence-corrected chi connectivity index (χ4v) is 2.84. The SMILES string of the molecule is Cc1nn(-c2ccccc2)c(C)c1NC(=O)COc1ccc([N+](=O)[O-])cc1C=O. The predicted molar refractivity (Wildman–Crippen MR) is 106 cm³/mol. The maximum absolute atomic E-state index is 12.3. The number of rotatable bonds is 7. The lowest BCUT2D eigenvalue weighted by molar-refractivity contribution is -0.384. The number of para-hydroxylation sites is 1. The van der Waals surface area contributed by atoms with Gasteiger partial charge in [0.15, 0.2) is 12.9 Å². The van der Waals surface area contributed by atoms with E-state index in [0.717, 1.165) is 17.4 Å². The third-order valence-electron chi connectivity index (χ3n) is 4.25. The predicted octanol–water partition coefficient (Wildman–Crippen LogP) is 3.23. The van der Waals surface area contributed by atoms with E-state index in [0.29, 0.717) is 17.7 Å². The van der Waals surface area contributed by atoms with Crippen molar-refractivity contribution in [3.8, 4) is 11.4 Å². The van der Waals surface area contributed by atoms with Crippen LogP contribution in [0.3, 0.4) is 0 Å². The van der Waals surface area contributed by atoms with Crippen molar-refractivity contribution in [1.82, 2.24) is 9.78 Å². The molecule has 0 aliphatic rings. The fraction of sp³-hybridized carbons (Fsp3) is 0.150. The van der Waals surface area contributed by atoms with Crippen molar-refractivity contribution in [3.05, 3.63) is 75.6 Å². The van der Waals surface area contributed by atoms with Crippen molar-refractivity contribution in [1.29, 1.82) is 0 Å². The van der Waals surface area contributed by atoms with Crippen molar-refractivity contribution in [2.45, 2.75) is 13.8 Å². The van der Waals surface area contributed by atoms with Gasteiger partial charge in [-0.3, -0.25) is 19.7 Å². The zero-order valence-electron chi connectivity index (χ0n) is 15.8. The number of aryl methyl sites for hydroxylation is 1. The first-order valence-electron chi connectivity index (χ1n) is 8.68.